The van der Waals surface area contributed by atoms with E-state index < -0.39 is 0 Å². The SMILES string of the molecule is C=C1CCC2(CC1)C(O)CCC2O. The Balaban J connectivity index is 2.14. The maximum atomic E-state index is 9.87. The van der Waals surface area contributed by atoms with Crippen LogP contribution in [0.4, 0.5) is 0 Å². The summed E-state index contributed by atoms with van der Waals surface area (Å²) < 4.78 is 0. The molecule has 0 bridgehead atoms. The van der Waals surface area contributed by atoms with Crippen molar-refractivity contribution in [2.24, 2.45) is 5.41 Å². The Kier molecular flexibility index (Phi) is 2.20. The summed E-state index contributed by atoms with van der Waals surface area (Å²) >= 11 is 0. The number of aliphatic hydroxyl groups excluding tert-OH is 2. The molecule has 0 aromatic rings. The van der Waals surface area contributed by atoms with Gasteiger partial charge in [-0.3, -0.25) is 0 Å². The summed E-state index contributed by atoms with van der Waals surface area (Å²) in [6.07, 6.45) is 4.79. The highest BCUT2D eigenvalue weighted by molar-refractivity contribution is 5.09. The molecular weight excluding hydrogens is 164 g/mol. The Bertz CT molecular complexity index is 200. The summed E-state index contributed by atoms with van der Waals surface area (Å²) in [6.45, 7) is 3.96. The largest absolute Gasteiger partial charge is 0.392 e. The standard InChI is InChI=1S/C11H18O2/c1-8-4-6-11(7-5-8)9(12)2-3-10(11)13/h9-10,12-13H,1-7H2. The van der Waals surface area contributed by atoms with Crippen LogP contribution in [0.2, 0.25) is 0 Å². The van der Waals surface area contributed by atoms with E-state index in [0.29, 0.717) is 0 Å². The van der Waals surface area contributed by atoms with Crippen LogP contribution in [0, 0.1) is 5.41 Å². The van der Waals surface area contributed by atoms with Crippen molar-refractivity contribution in [2.45, 2.75) is 50.7 Å². The zero-order valence-corrected chi connectivity index (χ0v) is 8.00. The van der Waals surface area contributed by atoms with Gasteiger partial charge in [-0.2, -0.15) is 0 Å². The molecule has 0 aliphatic heterocycles. The molecule has 2 heteroatoms. The summed E-state index contributed by atoms with van der Waals surface area (Å²) in [6, 6.07) is 0. The van der Waals surface area contributed by atoms with E-state index in [2.05, 4.69) is 6.58 Å². The first-order valence-corrected chi connectivity index (χ1v) is 5.18. The minimum atomic E-state index is -0.282. The summed E-state index contributed by atoms with van der Waals surface area (Å²) in [5.41, 5.74) is 1.10. The van der Waals surface area contributed by atoms with Gasteiger partial charge < -0.3 is 10.2 Å². The van der Waals surface area contributed by atoms with Crippen molar-refractivity contribution in [1.29, 1.82) is 0 Å². The van der Waals surface area contributed by atoms with Crippen LogP contribution in [-0.2, 0) is 0 Å². The van der Waals surface area contributed by atoms with Crippen molar-refractivity contribution in [3.8, 4) is 0 Å². The van der Waals surface area contributed by atoms with Gasteiger partial charge in [0.15, 0.2) is 0 Å². The zero-order valence-electron chi connectivity index (χ0n) is 8.00. The fraction of sp³-hybridized carbons (Fsp3) is 0.818. The first-order valence-electron chi connectivity index (χ1n) is 5.18. The van der Waals surface area contributed by atoms with Gasteiger partial charge in [0.05, 0.1) is 12.2 Å². The molecule has 0 aromatic carbocycles. The van der Waals surface area contributed by atoms with Crippen LogP contribution in [0.3, 0.4) is 0 Å². The fourth-order valence-corrected chi connectivity index (χ4v) is 2.85. The van der Waals surface area contributed by atoms with Crippen LogP contribution >= 0.6 is 0 Å². The van der Waals surface area contributed by atoms with Crippen molar-refractivity contribution in [2.75, 3.05) is 0 Å². The number of aliphatic hydroxyl groups is 2. The molecule has 2 fully saturated rings. The van der Waals surface area contributed by atoms with Gasteiger partial charge in [0.2, 0.25) is 0 Å². The minimum absolute atomic E-state index is 0.179. The Hall–Kier alpha value is -0.340. The minimum Gasteiger partial charge on any atom is -0.392 e. The molecule has 2 aliphatic rings. The molecule has 0 aromatic heterocycles. The molecule has 0 saturated heterocycles. The summed E-state index contributed by atoms with van der Waals surface area (Å²) in [5.74, 6) is 0. The van der Waals surface area contributed by atoms with Gasteiger partial charge in [-0.1, -0.05) is 12.2 Å². The number of hydrogen-bond acceptors (Lipinski definition) is 2. The van der Waals surface area contributed by atoms with Crippen LogP contribution in [0.25, 0.3) is 0 Å². The molecule has 2 aliphatic carbocycles. The molecule has 0 amide bonds. The molecule has 2 atom stereocenters. The number of hydrogen-bond donors (Lipinski definition) is 2. The molecule has 2 saturated carbocycles. The topological polar surface area (TPSA) is 40.5 Å². The lowest BCUT2D eigenvalue weighted by Gasteiger charge is -2.39. The van der Waals surface area contributed by atoms with E-state index in [4.69, 9.17) is 0 Å². The molecule has 0 heterocycles. The van der Waals surface area contributed by atoms with E-state index in [1.165, 1.54) is 5.57 Å². The second-order valence-electron chi connectivity index (χ2n) is 4.59. The molecule has 13 heavy (non-hydrogen) atoms. The number of rotatable bonds is 0. The van der Waals surface area contributed by atoms with Crippen molar-refractivity contribution in [3.63, 3.8) is 0 Å². The van der Waals surface area contributed by atoms with Gasteiger partial charge >= 0.3 is 0 Å². The van der Waals surface area contributed by atoms with Crippen LogP contribution in [0.5, 0.6) is 0 Å². The molecule has 74 valence electrons. The third-order valence-corrected chi connectivity index (χ3v) is 3.93. The molecule has 2 rings (SSSR count). The summed E-state index contributed by atoms with van der Waals surface area (Å²) in [5, 5.41) is 19.7. The molecule has 2 nitrogen and oxygen atoms in total. The highest BCUT2D eigenvalue weighted by Crippen LogP contribution is 2.49. The van der Waals surface area contributed by atoms with Gasteiger partial charge in [0.1, 0.15) is 0 Å². The van der Waals surface area contributed by atoms with Crippen molar-refractivity contribution < 1.29 is 10.2 Å². The predicted octanol–water partition coefficient (Wildman–Crippen LogP) is 1.62. The van der Waals surface area contributed by atoms with Crippen LogP contribution < -0.4 is 0 Å². The van der Waals surface area contributed by atoms with E-state index in [9.17, 15) is 10.2 Å². The maximum absolute atomic E-state index is 9.87. The lowest BCUT2D eigenvalue weighted by atomic mass is 9.69. The third-order valence-electron chi connectivity index (χ3n) is 3.93. The third kappa shape index (κ3) is 1.32. The van der Waals surface area contributed by atoms with Crippen LogP contribution in [0.15, 0.2) is 12.2 Å². The van der Waals surface area contributed by atoms with E-state index in [1.807, 2.05) is 0 Å². The van der Waals surface area contributed by atoms with E-state index >= 15 is 0 Å². The maximum Gasteiger partial charge on any atom is 0.0622 e. The zero-order chi connectivity index (χ0) is 9.47. The van der Waals surface area contributed by atoms with Crippen LogP contribution in [0.1, 0.15) is 38.5 Å². The van der Waals surface area contributed by atoms with Gasteiger partial charge in [-0.25, -0.2) is 0 Å². The first kappa shape index (κ1) is 9.22. The van der Waals surface area contributed by atoms with Gasteiger partial charge in [-0.05, 0) is 38.5 Å². The monoisotopic (exact) mass is 182 g/mol. The highest BCUT2D eigenvalue weighted by atomic mass is 16.3. The number of allylic oxidation sites excluding steroid dienone is 1. The van der Waals surface area contributed by atoms with Gasteiger partial charge in [-0.15, -0.1) is 0 Å². The molecule has 1 spiro atoms. The molecule has 0 radical (unpaired) electrons. The second kappa shape index (κ2) is 3.10. The normalized spacial score (nSPS) is 38.5. The van der Waals surface area contributed by atoms with Gasteiger partial charge in [0.25, 0.3) is 0 Å². The van der Waals surface area contributed by atoms with E-state index in [-0.39, 0.29) is 17.6 Å². The highest BCUT2D eigenvalue weighted by Gasteiger charge is 2.49. The molecule has 2 unspecified atom stereocenters. The van der Waals surface area contributed by atoms with Gasteiger partial charge in [0, 0.05) is 5.41 Å². The lowest BCUT2D eigenvalue weighted by Crippen LogP contribution is -2.40. The Morgan fingerprint density at radius 3 is 2.00 bits per heavy atom. The molecule has 2 N–H and O–H groups in total. The smallest absolute Gasteiger partial charge is 0.0622 e. The van der Waals surface area contributed by atoms with E-state index in [0.717, 1.165) is 38.5 Å². The average molecular weight is 182 g/mol. The summed E-state index contributed by atoms with van der Waals surface area (Å²) in [4.78, 5) is 0. The Morgan fingerprint density at radius 2 is 1.54 bits per heavy atom. The van der Waals surface area contributed by atoms with E-state index in [1.54, 1.807) is 0 Å². The predicted molar refractivity (Wildman–Crippen MR) is 51.3 cm³/mol. The lowest BCUT2D eigenvalue weighted by molar-refractivity contribution is -0.0419. The Morgan fingerprint density at radius 1 is 1.08 bits per heavy atom. The second-order valence-corrected chi connectivity index (χ2v) is 4.59. The quantitative estimate of drug-likeness (QED) is 0.559. The molecular formula is C11H18O2. The van der Waals surface area contributed by atoms with Crippen molar-refractivity contribution in [3.05, 3.63) is 12.2 Å². The Labute approximate surface area is 79.3 Å². The average Bonchev–Trinajstić information content (AvgIpc) is 2.39. The van der Waals surface area contributed by atoms with Crippen molar-refractivity contribution in [1.82, 2.24) is 0 Å². The fourth-order valence-electron chi connectivity index (χ4n) is 2.85. The first-order chi connectivity index (χ1) is 6.15. The van der Waals surface area contributed by atoms with Crippen LogP contribution in [-0.4, -0.2) is 22.4 Å². The van der Waals surface area contributed by atoms with Crippen molar-refractivity contribution >= 4 is 0 Å². The summed E-state index contributed by atoms with van der Waals surface area (Å²) in [7, 11) is 0.